The number of methoxy groups -OCH3 is 1. The van der Waals surface area contributed by atoms with Gasteiger partial charge in [0.1, 0.15) is 12.1 Å². The average molecular weight is 351 g/mol. The molecule has 1 aliphatic rings. The minimum Gasteiger partial charge on any atom is -0.496 e. The molecular weight excluding hydrogens is 326 g/mol. The molecule has 0 saturated carbocycles. The van der Waals surface area contributed by atoms with Gasteiger partial charge in [-0.15, -0.1) is 0 Å². The summed E-state index contributed by atoms with van der Waals surface area (Å²) in [6, 6.07) is 8.63. The zero-order valence-electron chi connectivity index (χ0n) is 15.6. The first-order chi connectivity index (χ1) is 12.6. The number of aryl methyl sites for hydroxylation is 2. The van der Waals surface area contributed by atoms with E-state index >= 15 is 0 Å². The van der Waals surface area contributed by atoms with Crippen LogP contribution >= 0.6 is 0 Å². The van der Waals surface area contributed by atoms with E-state index in [1.807, 2.05) is 11.4 Å². The van der Waals surface area contributed by atoms with Crippen LogP contribution in [0.4, 0.5) is 0 Å². The Kier molecular flexibility index (Phi) is 4.59. The van der Waals surface area contributed by atoms with E-state index in [2.05, 4.69) is 51.2 Å². The molecule has 1 aliphatic heterocycles. The van der Waals surface area contributed by atoms with Crippen molar-refractivity contribution < 1.29 is 4.74 Å². The van der Waals surface area contributed by atoms with E-state index in [4.69, 9.17) is 4.74 Å². The smallest absolute Gasteiger partial charge is 0.252 e. The van der Waals surface area contributed by atoms with Crippen molar-refractivity contribution >= 4 is 5.78 Å². The van der Waals surface area contributed by atoms with E-state index in [1.165, 1.54) is 29.7 Å². The lowest BCUT2D eigenvalue weighted by atomic mass is 9.93. The minimum absolute atomic E-state index is 0.453. The zero-order chi connectivity index (χ0) is 18.1. The van der Waals surface area contributed by atoms with Gasteiger partial charge in [0, 0.05) is 24.7 Å². The summed E-state index contributed by atoms with van der Waals surface area (Å²) in [6.07, 6.45) is 3.96. The van der Waals surface area contributed by atoms with E-state index in [0.29, 0.717) is 11.7 Å². The summed E-state index contributed by atoms with van der Waals surface area (Å²) >= 11 is 0. The Morgan fingerprint density at radius 1 is 1.23 bits per heavy atom. The highest BCUT2D eigenvalue weighted by atomic mass is 16.5. The molecule has 4 rings (SSSR count). The van der Waals surface area contributed by atoms with Crippen LogP contribution in [0.25, 0.3) is 5.78 Å². The summed E-state index contributed by atoms with van der Waals surface area (Å²) in [5.41, 5.74) is 4.75. The maximum Gasteiger partial charge on any atom is 0.252 e. The normalized spacial score (nSPS) is 18.3. The summed E-state index contributed by atoms with van der Waals surface area (Å²) < 4.78 is 7.28. The molecule has 1 saturated heterocycles. The van der Waals surface area contributed by atoms with Crippen molar-refractivity contribution in [2.45, 2.75) is 39.2 Å². The van der Waals surface area contributed by atoms with Crippen molar-refractivity contribution in [3.8, 4) is 5.75 Å². The van der Waals surface area contributed by atoms with Gasteiger partial charge in [-0.3, -0.25) is 4.90 Å². The molecule has 1 unspecified atom stereocenters. The maximum atomic E-state index is 5.37. The highest BCUT2D eigenvalue weighted by Gasteiger charge is 2.24. The molecule has 3 heterocycles. The maximum absolute atomic E-state index is 5.37. The summed E-state index contributed by atoms with van der Waals surface area (Å²) in [6.45, 7) is 7.25. The largest absolute Gasteiger partial charge is 0.496 e. The van der Waals surface area contributed by atoms with Crippen molar-refractivity contribution in [2.24, 2.45) is 0 Å². The fourth-order valence-electron chi connectivity index (χ4n) is 3.99. The van der Waals surface area contributed by atoms with Gasteiger partial charge < -0.3 is 4.74 Å². The van der Waals surface area contributed by atoms with Crippen LogP contribution in [0.2, 0.25) is 0 Å². The summed E-state index contributed by atoms with van der Waals surface area (Å²) in [4.78, 5) is 11.3. The van der Waals surface area contributed by atoms with Gasteiger partial charge in [0.25, 0.3) is 5.78 Å². The second-order valence-corrected chi connectivity index (χ2v) is 7.17. The predicted molar refractivity (Wildman–Crippen MR) is 101 cm³/mol. The average Bonchev–Trinajstić information content (AvgIpc) is 3.09. The lowest BCUT2D eigenvalue weighted by Crippen LogP contribution is -2.34. The van der Waals surface area contributed by atoms with Crippen LogP contribution in [0.3, 0.4) is 0 Å². The van der Waals surface area contributed by atoms with E-state index in [1.54, 1.807) is 13.4 Å². The number of hydrogen-bond acceptors (Lipinski definition) is 5. The van der Waals surface area contributed by atoms with Crippen LogP contribution in [-0.2, 0) is 6.54 Å². The van der Waals surface area contributed by atoms with E-state index in [-0.39, 0.29) is 0 Å². The third-order valence-electron chi connectivity index (χ3n) is 5.20. The van der Waals surface area contributed by atoms with Crippen molar-refractivity contribution in [2.75, 3.05) is 20.2 Å². The number of nitrogens with zero attached hydrogens (tertiary/aromatic N) is 5. The van der Waals surface area contributed by atoms with Gasteiger partial charge in [0.05, 0.1) is 12.8 Å². The van der Waals surface area contributed by atoms with Crippen LogP contribution < -0.4 is 4.74 Å². The SMILES string of the molecule is COc1ccc(CN2CCCC(c3cc(C)nc4ncnn34)C2)cc1C. The Morgan fingerprint density at radius 2 is 2.12 bits per heavy atom. The van der Waals surface area contributed by atoms with Gasteiger partial charge in [-0.05, 0) is 56.5 Å². The minimum atomic E-state index is 0.453. The summed E-state index contributed by atoms with van der Waals surface area (Å²) in [7, 11) is 1.72. The fourth-order valence-corrected chi connectivity index (χ4v) is 3.99. The number of aromatic nitrogens is 4. The molecule has 26 heavy (non-hydrogen) atoms. The molecule has 6 heteroatoms. The molecular formula is C20H25N5O. The molecule has 1 atom stereocenters. The van der Waals surface area contributed by atoms with Crippen molar-refractivity contribution in [3.05, 3.63) is 53.1 Å². The first-order valence-electron chi connectivity index (χ1n) is 9.17. The Hall–Kier alpha value is -2.47. The quantitative estimate of drug-likeness (QED) is 0.723. The van der Waals surface area contributed by atoms with Crippen molar-refractivity contribution in [1.29, 1.82) is 0 Å². The van der Waals surface area contributed by atoms with Crippen molar-refractivity contribution in [1.82, 2.24) is 24.5 Å². The van der Waals surface area contributed by atoms with Crippen LogP contribution in [0.15, 0.2) is 30.6 Å². The summed E-state index contributed by atoms with van der Waals surface area (Å²) in [5.74, 6) is 2.10. The molecule has 0 bridgehead atoms. The number of benzene rings is 1. The lowest BCUT2D eigenvalue weighted by molar-refractivity contribution is 0.197. The molecule has 0 N–H and O–H groups in total. The first-order valence-corrected chi connectivity index (χ1v) is 9.17. The molecule has 0 spiro atoms. The zero-order valence-corrected chi connectivity index (χ0v) is 15.6. The van der Waals surface area contributed by atoms with Crippen LogP contribution in [0, 0.1) is 13.8 Å². The van der Waals surface area contributed by atoms with Gasteiger partial charge in [-0.25, -0.2) is 9.50 Å². The lowest BCUT2D eigenvalue weighted by Gasteiger charge is -2.33. The monoisotopic (exact) mass is 351 g/mol. The number of hydrogen-bond donors (Lipinski definition) is 0. The number of ether oxygens (including phenoxy) is 1. The molecule has 0 amide bonds. The number of rotatable bonds is 4. The van der Waals surface area contributed by atoms with Crippen LogP contribution in [-0.4, -0.2) is 44.7 Å². The Labute approximate surface area is 153 Å². The highest BCUT2D eigenvalue weighted by molar-refractivity contribution is 5.36. The Morgan fingerprint density at radius 3 is 2.92 bits per heavy atom. The third kappa shape index (κ3) is 3.29. The van der Waals surface area contributed by atoms with Gasteiger partial charge >= 0.3 is 0 Å². The fraction of sp³-hybridized carbons (Fsp3) is 0.450. The molecule has 3 aromatic rings. The van der Waals surface area contributed by atoms with Gasteiger partial charge in [-0.2, -0.15) is 10.1 Å². The predicted octanol–water partition coefficient (Wildman–Crippen LogP) is 3.13. The van der Waals surface area contributed by atoms with Gasteiger partial charge in [0.2, 0.25) is 0 Å². The molecule has 2 aromatic heterocycles. The second-order valence-electron chi connectivity index (χ2n) is 7.17. The number of piperidine rings is 1. The van der Waals surface area contributed by atoms with Crippen molar-refractivity contribution in [3.63, 3.8) is 0 Å². The number of fused-ring (bicyclic) bond motifs is 1. The standard InChI is InChI=1S/C20H25N5O/c1-14-9-16(6-7-19(14)26-3)11-24-8-4-5-17(12-24)18-10-15(2)23-20-21-13-22-25(18)20/h6-7,9-10,13,17H,4-5,8,11-12H2,1-3H3. The van der Waals surface area contributed by atoms with Crippen LogP contribution in [0.1, 0.15) is 41.3 Å². The molecule has 1 aromatic carbocycles. The highest BCUT2D eigenvalue weighted by Crippen LogP contribution is 2.28. The van der Waals surface area contributed by atoms with E-state index in [0.717, 1.165) is 31.1 Å². The molecule has 0 radical (unpaired) electrons. The molecule has 136 valence electrons. The van der Waals surface area contributed by atoms with Gasteiger partial charge in [-0.1, -0.05) is 12.1 Å². The number of likely N-dealkylation sites (tertiary alicyclic amines) is 1. The molecule has 1 fully saturated rings. The molecule has 6 nitrogen and oxygen atoms in total. The Balaban J connectivity index is 1.54. The second kappa shape index (κ2) is 7.03. The first kappa shape index (κ1) is 17.0. The van der Waals surface area contributed by atoms with E-state index < -0.39 is 0 Å². The topological polar surface area (TPSA) is 55.5 Å². The molecule has 0 aliphatic carbocycles. The van der Waals surface area contributed by atoms with E-state index in [9.17, 15) is 0 Å². The Bertz CT molecular complexity index is 920. The third-order valence-corrected chi connectivity index (χ3v) is 5.20. The van der Waals surface area contributed by atoms with Gasteiger partial charge in [0.15, 0.2) is 0 Å². The summed E-state index contributed by atoms with van der Waals surface area (Å²) in [5, 5.41) is 4.39. The van der Waals surface area contributed by atoms with Crippen LogP contribution in [0.5, 0.6) is 5.75 Å².